The number of aliphatic imine (C=N–C) groups is 1. The Morgan fingerprint density at radius 1 is 1.08 bits per heavy atom. The highest BCUT2D eigenvalue weighted by Crippen LogP contribution is 2.35. The van der Waals surface area contributed by atoms with Crippen molar-refractivity contribution in [2.24, 2.45) is 4.99 Å². The predicted octanol–water partition coefficient (Wildman–Crippen LogP) is 6.68. The molecule has 0 aliphatic heterocycles. The summed E-state index contributed by atoms with van der Waals surface area (Å²) in [7, 11) is 0. The first-order chi connectivity index (χ1) is 12.7. The quantitative estimate of drug-likeness (QED) is 0.418. The van der Waals surface area contributed by atoms with E-state index in [0.717, 1.165) is 37.0 Å². The molecule has 0 heterocycles. The van der Waals surface area contributed by atoms with Crippen LogP contribution in [0.4, 0.5) is 10.1 Å². The third kappa shape index (κ3) is 4.64. The molecule has 1 aliphatic rings. The number of hydrogen-bond donors (Lipinski definition) is 0. The minimum atomic E-state index is -0.380. The van der Waals surface area contributed by atoms with Crippen LogP contribution in [0.1, 0.15) is 50.5 Å². The minimum absolute atomic E-state index is 0.224. The van der Waals surface area contributed by atoms with Gasteiger partial charge in [0.2, 0.25) is 0 Å². The minimum Gasteiger partial charge on any atom is -0.378 e. The molecule has 1 fully saturated rings. The number of hydrogen-bond acceptors (Lipinski definition) is 3. The van der Waals surface area contributed by atoms with Gasteiger partial charge in [0.1, 0.15) is 11.5 Å². The van der Waals surface area contributed by atoms with Gasteiger partial charge in [-0.05, 0) is 79.1 Å². The highest BCUT2D eigenvalue weighted by molar-refractivity contribution is 7.78. The molecular formula is C22H24FNOS. The SMILES string of the molecule is CCCOC1CCC(c2ccc(-c3ccc(N=C=S)c(F)c3)cc2)CC1. The van der Waals surface area contributed by atoms with Crippen LogP contribution in [0.15, 0.2) is 47.5 Å². The first-order valence-electron chi connectivity index (χ1n) is 9.30. The second-order valence-electron chi connectivity index (χ2n) is 6.84. The van der Waals surface area contributed by atoms with E-state index in [2.05, 4.69) is 53.6 Å². The fourth-order valence-electron chi connectivity index (χ4n) is 3.62. The van der Waals surface area contributed by atoms with Crippen LogP contribution in [0.3, 0.4) is 0 Å². The van der Waals surface area contributed by atoms with Gasteiger partial charge in [-0.15, -0.1) is 0 Å². The zero-order valence-corrected chi connectivity index (χ0v) is 15.9. The van der Waals surface area contributed by atoms with Gasteiger partial charge in [-0.3, -0.25) is 0 Å². The lowest BCUT2D eigenvalue weighted by atomic mass is 9.82. The van der Waals surface area contributed by atoms with E-state index in [1.807, 2.05) is 6.07 Å². The van der Waals surface area contributed by atoms with E-state index < -0.39 is 0 Å². The molecule has 0 N–H and O–H groups in total. The molecule has 0 radical (unpaired) electrons. The van der Waals surface area contributed by atoms with Crippen LogP contribution in [0.25, 0.3) is 11.1 Å². The van der Waals surface area contributed by atoms with Crippen molar-refractivity contribution in [2.45, 2.75) is 51.0 Å². The van der Waals surface area contributed by atoms with Crippen molar-refractivity contribution in [1.82, 2.24) is 0 Å². The summed E-state index contributed by atoms with van der Waals surface area (Å²) in [6.45, 7) is 3.02. The second kappa shape index (κ2) is 9.18. The maximum Gasteiger partial charge on any atom is 0.150 e. The van der Waals surface area contributed by atoms with E-state index in [-0.39, 0.29) is 11.5 Å². The number of isothiocyanates is 1. The third-order valence-electron chi connectivity index (χ3n) is 5.06. The monoisotopic (exact) mass is 369 g/mol. The molecule has 2 aromatic carbocycles. The molecule has 2 nitrogen and oxygen atoms in total. The Morgan fingerprint density at radius 3 is 2.38 bits per heavy atom. The molecule has 2 aromatic rings. The highest BCUT2D eigenvalue weighted by atomic mass is 32.1. The van der Waals surface area contributed by atoms with E-state index in [9.17, 15) is 4.39 Å². The van der Waals surface area contributed by atoms with Gasteiger partial charge >= 0.3 is 0 Å². The zero-order chi connectivity index (χ0) is 18.4. The van der Waals surface area contributed by atoms with Crippen molar-refractivity contribution >= 4 is 23.1 Å². The number of nitrogens with zero attached hydrogens (tertiary/aromatic N) is 1. The third-order valence-corrected chi connectivity index (χ3v) is 5.15. The van der Waals surface area contributed by atoms with Gasteiger partial charge in [0.25, 0.3) is 0 Å². The average molecular weight is 370 g/mol. The Hall–Kier alpha value is -1.87. The summed E-state index contributed by atoms with van der Waals surface area (Å²) in [4.78, 5) is 3.72. The van der Waals surface area contributed by atoms with Crippen LogP contribution < -0.4 is 0 Å². The molecule has 0 unspecified atom stereocenters. The summed E-state index contributed by atoms with van der Waals surface area (Å²) in [5.41, 5.74) is 3.44. The summed E-state index contributed by atoms with van der Waals surface area (Å²) in [5, 5.41) is 2.20. The fourth-order valence-corrected chi connectivity index (χ4v) is 3.72. The van der Waals surface area contributed by atoms with Gasteiger partial charge in [-0.1, -0.05) is 37.3 Å². The van der Waals surface area contributed by atoms with E-state index in [4.69, 9.17) is 4.74 Å². The number of ether oxygens (including phenoxy) is 1. The molecule has 1 aliphatic carbocycles. The maximum absolute atomic E-state index is 14.0. The Balaban J connectivity index is 1.66. The van der Waals surface area contributed by atoms with Crippen molar-refractivity contribution in [3.8, 4) is 11.1 Å². The lowest BCUT2D eigenvalue weighted by molar-refractivity contribution is 0.0251. The topological polar surface area (TPSA) is 21.6 Å². The normalized spacial score (nSPS) is 19.8. The Morgan fingerprint density at radius 2 is 1.77 bits per heavy atom. The van der Waals surface area contributed by atoms with Crippen molar-refractivity contribution in [2.75, 3.05) is 6.61 Å². The average Bonchev–Trinajstić information content (AvgIpc) is 2.69. The van der Waals surface area contributed by atoms with Crippen LogP contribution in [0.5, 0.6) is 0 Å². The molecule has 0 bridgehead atoms. The van der Waals surface area contributed by atoms with Crippen molar-refractivity contribution in [1.29, 1.82) is 0 Å². The lowest BCUT2D eigenvalue weighted by Crippen LogP contribution is -2.21. The van der Waals surface area contributed by atoms with Crippen LogP contribution in [0, 0.1) is 5.82 Å². The smallest absolute Gasteiger partial charge is 0.150 e. The van der Waals surface area contributed by atoms with E-state index in [0.29, 0.717) is 12.0 Å². The van der Waals surface area contributed by atoms with Crippen molar-refractivity contribution in [3.63, 3.8) is 0 Å². The highest BCUT2D eigenvalue weighted by Gasteiger charge is 2.22. The molecule has 0 aromatic heterocycles. The van der Waals surface area contributed by atoms with Gasteiger partial charge in [0.15, 0.2) is 0 Å². The first kappa shape index (κ1) is 18.9. The molecule has 1 saturated carbocycles. The van der Waals surface area contributed by atoms with Crippen LogP contribution in [-0.4, -0.2) is 17.9 Å². The van der Waals surface area contributed by atoms with Crippen molar-refractivity contribution in [3.05, 3.63) is 53.8 Å². The van der Waals surface area contributed by atoms with Crippen LogP contribution in [0.2, 0.25) is 0 Å². The van der Waals surface area contributed by atoms with Gasteiger partial charge in [0.05, 0.1) is 11.3 Å². The molecule has 4 heteroatoms. The number of rotatable bonds is 6. The zero-order valence-electron chi connectivity index (χ0n) is 15.1. The van der Waals surface area contributed by atoms with Gasteiger partial charge in [-0.25, -0.2) is 4.39 Å². The molecule has 0 spiro atoms. The van der Waals surface area contributed by atoms with Crippen molar-refractivity contribution < 1.29 is 9.13 Å². The Kier molecular flexibility index (Phi) is 6.67. The fraction of sp³-hybridized carbons (Fsp3) is 0.409. The summed E-state index contributed by atoms with van der Waals surface area (Å²) in [6.07, 6.45) is 6.14. The Labute approximate surface area is 160 Å². The molecule has 3 rings (SSSR count). The summed E-state index contributed by atoms with van der Waals surface area (Å²) < 4.78 is 19.9. The summed E-state index contributed by atoms with van der Waals surface area (Å²) >= 11 is 4.53. The summed E-state index contributed by atoms with van der Waals surface area (Å²) in [5.74, 6) is 0.218. The van der Waals surface area contributed by atoms with Crippen LogP contribution >= 0.6 is 12.2 Å². The molecule has 0 saturated heterocycles. The van der Waals surface area contributed by atoms with Gasteiger partial charge < -0.3 is 4.74 Å². The standard InChI is InChI=1S/C22H24FNOS/c1-2-13-25-20-10-7-17(8-11-20)16-3-5-18(6-4-16)19-9-12-22(24-15-26)21(23)14-19/h3-6,9,12,14,17,20H,2,7-8,10-11,13H2,1H3. The molecule has 0 amide bonds. The number of halogens is 1. The Bertz CT molecular complexity index is 775. The van der Waals surface area contributed by atoms with E-state index >= 15 is 0 Å². The number of thiocarbonyl (C=S) groups is 1. The number of benzene rings is 2. The molecule has 136 valence electrons. The molecule has 26 heavy (non-hydrogen) atoms. The predicted molar refractivity (Wildman–Crippen MR) is 108 cm³/mol. The second-order valence-corrected chi connectivity index (χ2v) is 7.02. The van der Waals surface area contributed by atoms with E-state index in [1.165, 1.54) is 24.5 Å². The maximum atomic E-state index is 14.0. The molecular weight excluding hydrogens is 345 g/mol. The lowest BCUT2D eigenvalue weighted by Gasteiger charge is -2.29. The van der Waals surface area contributed by atoms with Crippen LogP contribution in [-0.2, 0) is 4.74 Å². The first-order valence-corrected chi connectivity index (χ1v) is 9.71. The van der Waals surface area contributed by atoms with Gasteiger partial charge in [-0.2, -0.15) is 4.99 Å². The molecule has 0 atom stereocenters. The van der Waals surface area contributed by atoms with E-state index in [1.54, 1.807) is 6.07 Å². The van der Waals surface area contributed by atoms with Gasteiger partial charge in [0, 0.05) is 6.61 Å². The summed E-state index contributed by atoms with van der Waals surface area (Å²) in [6, 6.07) is 13.5. The largest absolute Gasteiger partial charge is 0.378 e.